The number of unbranched alkanes of at least 4 members (excludes halogenated alkanes) is 15. The lowest BCUT2D eigenvalue weighted by Crippen LogP contribution is -2.09. The fourth-order valence-electron chi connectivity index (χ4n) is 4.27. The van der Waals surface area contributed by atoms with Crippen molar-refractivity contribution in [2.45, 2.75) is 122 Å². The molecule has 0 aliphatic carbocycles. The van der Waals surface area contributed by atoms with Crippen LogP contribution in [-0.4, -0.2) is 35.3 Å². The van der Waals surface area contributed by atoms with Crippen molar-refractivity contribution in [2.75, 3.05) is 6.61 Å². The number of ether oxygens (including phenoxy) is 1. The number of esters is 1. The lowest BCUT2D eigenvalue weighted by Gasteiger charge is -2.05. The zero-order valence-corrected chi connectivity index (χ0v) is 22.9. The molecule has 1 heterocycles. The summed E-state index contributed by atoms with van der Waals surface area (Å²) in [6, 6.07) is 7.48. The number of benzene rings is 1. The number of carboxylic acids is 1. The number of carboxylic acid groups (broad SMARTS) is 1. The molecule has 1 aromatic rings. The molecule has 0 aromatic heterocycles. The molecule has 1 aromatic carbocycles. The predicted octanol–water partition coefficient (Wildman–Crippen LogP) is 7.39. The second kappa shape index (κ2) is 21.4. The normalized spacial score (nSPS) is 11.9. The third-order valence-corrected chi connectivity index (χ3v) is 6.49. The number of rotatable bonds is 20. The standard InChI is InChI=1S/C22H42O4.C8H7N3/c1-2-3-4-5-6-7-8-9-10-11-12-13-14-15-16-17-20-26-22(25)19-18-21(23)24;9-7-5-3-1-2-4-6(5)8(10)11-7/h2-20H2,1H3,(H,23,24);1-4H,(H3,9,10,11). The number of amidine groups is 2. The lowest BCUT2D eigenvalue weighted by atomic mass is 10.0. The van der Waals surface area contributed by atoms with Crippen molar-refractivity contribution in [1.29, 1.82) is 5.41 Å². The van der Waals surface area contributed by atoms with Gasteiger partial charge in [-0.05, 0) is 6.42 Å². The highest BCUT2D eigenvalue weighted by molar-refractivity contribution is 6.20. The largest absolute Gasteiger partial charge is 0.481 e. The van der Waals surface area contributed by atoms with E-state index >= 15 is 0 Å². The Hall–Kier alpha value is -2.70. The van der Waals surface area contributed by atoms with E-state index in [1.807, 2.05) is 24.3 Å². The molecule has 7 heteroatoms. The minimum atomic E-state index is -0.954. The highest BCUT2D eigenvalue weighted by Crippen LogP contribution is 2.16. The number of hydrogen-bond acceptors (Lipinski definition) is 5. The van der Waals surface area contributed by atoms with E-state index in [0.717, 1.165) is 24.0 Å². The number of carbonyl (C=O) groups excluding carboxylic acids is 1. The molecule has 0 spiro atoms. The number of aliphatic carboxylic acids is 1. The second-order valence-electron chi connectivity index (χ2n) is 9.81. The molecule has 37 heavy (non-hydrogen) atoms. The zero-order valence-electron chi connectivity index (χ0n) is 22.9. The third kappa shape index (κ3) is 16.6. The Balaban J connectivity index is 0.000000506. The molecule has 7 nitrogen and oxygen atoms in total. The summed E-state index contributed by atoms with van der Waals surface area (Å²) in [5.41, 5.74) is 7.24. The summed E-state index contributed by atoms with van der Waals surface area (Å²) in [6.07, 6.45) is 21.0. The zero-order chi connectivity index (χ0) is 27.1. The van der Waals surface area contributed by atoms with E-state index in [1.54, 1.807) is 0 Å². The Morgan fingerprint density at radius 3 is 1.70 bits per heavy atom. The summed E-state index contributed by atoms with van der Waals surface area (Å²) < 4.78 is 5.01. The molecule has 0 fully saturated rings. The molecule has 1 aliphatic rings. The number of nitrogens with one attached hydrogen (secondary N) is 1. The number of fused-ring (bicyclic) bond motifs is 1. The van der Waals surface area contributed by atoms with Crippen LogP contribution in [0.15, 0.2) is 29.3 Å². The minimum absolute atomic E-state index is 0.0197. The monoisotopic (exact) mass is 515 g/mol. The number of aliphatic imine (C=N–C) groups is 1. The Bertz CT molecular complexity index is 823. The summed E-state index contributed by atoms with van der Waals surface area (Å²) in [5.74, 6) is -0.638. The maximum absolute atomic E-state index is 11.2. The molecular weight excluding hydrogens is 466 g/mol. The molecule has 0 radical (unpaired) electrons. The fourth-order valence-corrected chi connectivity index (χ4v) is 4.27. The topological polar surface area (TPSA) is 126 Å². The predicted molar refractivity (Wildman–Crippen MR) is 151 cm³/mol. The van der Waals surface area contributed by atoms with Crippen LogP contribution in [0.3, 0.4) is 0 Å². The molecule has 2 rings (SSSR count). The number of hydrogen-bond donors (Lipinski definition) is 3. The highest BCUT2D eigenvalue weighted by atomic mass is 16.5. The summed E-state index contributed by atoms with van der Waals surface area (Å²) >= 11 is 0. The minimum Gasteiger partial charge on any atom is -0.481 e. The molecule has 208 valence electrons. The van der Waals surface area contributed by atoms with Crippen molar-refractivity contribution in [3.63, 3.8) is 0 Å². The van der Waals surface area contributed by atoms with Crippen molar-refractivity contribution in [1.82, 2.24) is 0 Å². The van der Waals surface area contributed by atoms with Gasteiger partial charge < -0.3 is 15.6 Å². The maximum atomic E-state index is 11.2. The van der Waals surface area contributed by atoms with Crippen molar-refractivity contribution in [2.24, 2.45) is 10.7 Å². The quantitative estimate of drug-likeness (QED) is 0.123. The molecule has 0 atom stereocenters. The first-order valence-electron chi connectivity index (χ1n) is 14.4. The van der Waals surface area contributed by atoms with Crippen LogP contribution in [0.1, 0.15) is 134 Å². The number of carbonyl (C=O) groups is 2. The van der Waals surface area contributed by atoms with Gasteiger partial charge in [-0.2, -0.15) is 0 Å². The Kier molecular flexibility index (Phi) is 18.7. The van der Waals surface area contributed by atoms with Gasteiger partial charge >= 0.3 is 11.9 Å². The summed E-state index contributed by atoms with van der Waals surface area (Å²) in [7, 11) is 0. The van der Waals surface area contributed by atoms with E-state index in [0.29, 0.717) is 12.4 Å². The van der Waals surface area contributed by atoms with E-state index < -0.39 is 11.9 Å². The van der Waals surface area contributed by atoms with Crippen LogP contribution in [-0.2, 0) is 14.3 Å². The van der Waals surface area contributed by atoms with Gasteiger partial charge in [0.25, 0.3) is 0 Å². The first-order valence-corrected chi connectivity index (χ1v) is 14.4. The summed E-state index contributed by atoms with van der Waals surface area (Å²) in [4.78, 5) is 25.4. The van der Waals surface area contributed by atoms with Crippen LogP contribution in [0.5, 0.6) is 0 Å². The fraction of sp³-hybridized carbons (Fsp3) is 0.667. The Labute approximate surface area is 223 Å². The first-order chi connectivity index (χ1) is 18.0. The van der Waals surface area contributed by atoms with Crippen LogP contribution in [0.2, 0.25) is 0 Å². The van der Waals surface area contributed by atoms with Crippen molar-refractivity contribution in [3.05, 3.63) is 35.4 Å². The van der Waals surface area contributed by atoms with E-state index in [1.165, 1.54) is 89.9 Å². The van der Waals surface area contributed by atoms with Crippen molar-refractivity contribution in [3.8, 4) is 0 Å². The molecule has 0 bridgehead atoms. The van der Waals surface area contributed by atoms with Gasteiger partial charge in [-0.15, -0.1) is 0 Å². The van der Waals surface area contributed by atoms with Crippen LogP contribution in [0.25, 0.3) is 0 Å². The highest BCUT2D eigenvalue weighted by Gasteiger charge is 2.16. The molecule has 0 saturated carbocycles. The summed E-state index contributed by atoms with van der Waals surface area (Å²) in [6.45, 7) is 2.70. The van der Waals surface area contributed by atoms with Crippen molar-refractivity contribution >= 4 is 23.6 Å². The van der Waals surface area contributed by atoms with Gasteiger partial charge in [0.1, 0.15) is 5.84 Å². The van der Waals surface area contributed by atoms with E-state index in [9.17, 15) is 9.59 Å². The van der Waals surface area contributed by atoms with E-state index in [4.69, 9.17) is 21.0 Å². The smallest absolute Gasteiger partial charge is 0.306 e. The Morgan fingerprint density at radius 2 is 1.24 bits per heavy atom. The molecule has 0 saturated heterocycles. The number of nitrogens with two attached hydrogens (primary N) is 1. The van der Waals surface area contributed by atoms with Crippen LogP contribution in [0.4, 0.5) is 0 Å². The van der Waals surface area contributed by atoms with Crippen LogP contribution >= 0.6 is 0 Å². The molecular formula is C30H49N3O4. The van der Waals surface area contributed by atoms with Gasteiger partial charge in [-0.25, -0.2) is 4.99 Å². The van der Waals surface area contributed by atoms with Gasteiger partial charge in [0, 0.05) is 11.1 Å². The molecule has 0 amide bonds. The average molecular weight is 516 g/mol. The van der Waals surface area contributed by atoms with Crippen LogP contribution < -0.4 is 5.73 Å². The number of nitrogens with zero attached hydrogens (tertiary/aromatic N) is 1. The van der Waals surface area contributed by atoms with Crippen molar-refractivity contribution < 1.29 is 19.4 Å². The lowest BCUT2D eigenvalue weighted by molar-refractivity contribution is -0.147. The van der Waals surface area contributed by atoms with Gasteiger partial charge in [0.05, 0.1) is 19.4 Å². The van der Waals surface area contributed by atoms with Gasteiger partial charge in [0.15, 0.2) is 5.84 Å². The molecule has 0 unspecified atom stereocenters. The van der Waals surface area contributed by atoms with Gasteiger partial charge in [-0.1, -0.05) is 128 Å². The Morgan fingerprint density at radius 1 is 0.784 bits per heavy atom. The van der Waals surface area contributed by atoms with E-state index in [-0.39, 0.29) is 18.7 Å². The van der Waals surface area contributed by atoms with Gasteiger partial charge in [-0.3, -0.25) is 15.0 Å². The summed E-state index contributed by atoms with van der Waals surface area (Å²) in [5, 5.41) is 15.9. The first kappa shape index (κ1) is 32.3. The molecule has 4 N–H and O–H groups in total. The SMILES string of the molecule is CCCCCCCCCCCCCCCCCCOC(=O)CCC(=O)O.N=C1N=C(N)c2ccccc21. The van der Waals surface area contributed by atoms with E-state index in [2.05, 4.69) is 11.9 Å². The maximum Gasteiger partial charge on any atom is 0.306 e. The molecule has 1 aliphatic heterocycles. The van der Waals surface area contributed by atoms with Crippen LogP contribution in [0, 0.1) is 5.41 Å². The third-order valence-electron chi connectivity index (χ3n) is 6.49. The second-order valence-corrected chi connectivity index (χ2v) is 9.81. The average Bonchev–Trinajstić information content (AvgIpc) is 3.18. The van der Waals surface area contributed by atoms with Gasteiger partial charge in [0.2, 0.25) is 0 Å².